The van der Waals surface area contributed by atoms with Crippen LogP contribution in [0.5, 0.6) is 0 Å². The molecule has 9 heteroatoms. The quantitative estimate of drug-likeness (QED) is 0.885. The van der Waals surface area contributed by atoms with Crippen LogP contribution in [0, 0.1) is 0 Å². The molecule has 0 radical (unpaired) electrons. The number of rotatable bonds is 3. The number of aryl methyl sites for hydroxylation is 1. The molecule has 0 bridgehead atoms. The number of aromatic nitrogens is 2. The van der Waals surface area contributed by atoms with E-state index in [0.29, 0.717) is 19.6 Å². The fraction of sp³-hybridized carbons (Fsp3) is 0.714. The van der Waals surface area contributed by atoms with Crippen LogP contribution in [0.3, 0.4) is 0 Å². The fourth-order valence-electron chi connectivity index (χ4n) is 2.90. The van der Waals surface area contributed by atoms with Gasteiger partial charge in [0.05, 0.1) is 6.42 Å². The van der Waals surface area contributed by atoms with Crippen molar-refractivity contribution < 1.29 is 23.1 Å². The number of amides is 1. The van der Waals surface area contributed by atoms with Gasteiger partial charge in [-0.3, -0.25) is 4.79 Å². The van der Waals surface area contributed by atoms with E-state index in [2.05, 4.69) is 4.98 Å². The van der Waals surface area contributed by atoms with E-state index in [-0.39, 0.29) is 6.04 Å². The summed E-state index contributed by atoms with van der Waals surface area (Å²) in [6.45, 7) is 3.29. The predicted octanol–water partition coefficient (Wildman–Crippen LogP) is 0.723. The normalized spacial score (nSPS) is 22.9. The zero-order valence-electron chi connectivity index (χ0n) is 13.3. The molecule has 1 aromatic rings. The van der Waals surface area contributed by atoms with Crippen molar-refractivity contribution in [2.45, 2.75) is 31.2 Å². The summed E-state index contributed by atoms with van der Waals surface area (Å²) < 4.78 is 41.4. The molecule has 2 heterocycles. The SMILES string of the molecule is CC1CN(C)CCN1C(=O)CC(O)(c1nccn1C)C(F)(F)F. The minimum atomic E-state index is -5.00. The molecule has 1 fully saturated rings. The molecule has 0 aromatic carbocycles. The molecule has 2 atom stereocenters. The van der Waals surface area contributed by atoms with E-state index in [1.165, 1.54) is 18.1 Å². The first-order valence-corrected chi connectivity index (χ1v) is 7.31. The van der Waals surface area contributed by atoms with Crippen LogP contribution in [-0.4, -0.2) is 69.3 Å². The highest BCUT2D eigenvalue weighted by Crippen LogP contribution is 2.41. The van der Waals surface area contributed by atoms with Crippen LogP contribution in [0.25, 0.3) is 0 Å². The van der Waals surface area contributed by atoms with E-state index < -0.39 is 29.9 Å². The van der Waals surface area contributed by atoms with Gasteiger partial charge in [0, 0.05) is 45.1 Å². The van der Waals surface area contributed by atoms with Gasteiger partial charge in [0.1, 0.15) is 0 Å². The third-order valence-electron chi connectivity index (χ3n) is 4.22. The summed E-state index contributed by atoms with van der Waals surface area (Å²) in [6.07, 6.45) is -3.61. The Kier molecular flexibility index (Phi) is 4.72. The van der Waals surface area contributed by atoms with Gasteiger partial charge in [-0.05, 0) is 14.0 Å². The maximum absolute atomic E-state index is 13.5. The van der Waals surface area contributed by atoms with Gasteiger partial charge in [-0.25, -0.2) is 4.98 Å². The fourth-order valence-corrected chi connectivity index (χ4v) is 2.90. The summed E-state index contributed by atoms with van der Waals surface area (Å²) >= 11 is 0. The minimum absolute atomic E-state index is 0.208. The number of carbonyl (C=O) groups excluding carboxylic acids is 1. The second-order valence-corrected chi connectivity index (χ2v) is 6.09. The molecule has 2 unspecified atom stereocenters. The van der Waals surface area contributed by atoms with Gasteiger partial charge in [0.2, 0.25) is 11.5 Å². The largest absolute Gasteiger partial charge is 0.425 e. The zero-order valence-corrected chi connectivity index (χ0v) is 13.3. The van der Waals surface area contributed by atoms with E-state index in [0.717, 1.165) is 10.8 Å². The van der Waals surface area contributed by atoms with Crippen LogP contribution in [0.15, 0.2) is 12.4 Å². The van der Waals surface area contributed by atoms with Gasteiger partial charge in [0.15, 0.2) is 5.82 Å². The van der Waals surface area contributed by atoms with Gasteiger partial charge >= 0.3 is 6.18 Å². The van der Waals surface area contributed by atoms with Crippen LogP contribution >= 0.6 is 0 Å². The van der Waals surface area contributed by atoms with E-state index in [9.17, 15) is 23.1 Å². The first kappa shape index (κ1) is 17.7. The Labute approximate surface area is 132 Å². The number of aliphatic hydroxyl groups is 1. The third kappa shape index (κ3) is 3.35. The maximum atomic E-state index is 13.5. The Morgan fingerprint density at radius 2 is 2.04 bits per heavy atom. The summed E-state index contributed by atoms with van der Waals surface area (Å²) in [5, 5.41) is 10.3. The summed E-state index contributed by atoms with van der Waals surface area (Å²) in [5.74, 6) is -1.31. The lowest BCUT2D eigenvalue weighted by Crippen LogP contribution is -2.55. The number of piperazine rings is 1. The van der Waals surface area contributed by atoms with Gasteiger partial charge in [-0.2, -0.15) is 13.2 Å². The van der Waals surface area contributed by atoms with Crippen molar-refractivity contribution >= 4 is 5.91 Å². The topological polar surface area (TPSA) is 61.6 Å². The molecule has 0 spiro atoms. The van der Waals surface area contributed by atoms with E-state index in [1.807, 2.05) is 11.9 Å². The average molecular weight is 334 g/mol. The second kappa shape index (κ2) is 6.12. The first-order chi connectivity index (χ1) is 10.6. The molecule has 0 saturated carbocycles. The molecule has 1 aliphatic heterocycles. The molecule has 1 aromatic heterocycles. The molecule has 130 valence electrons. The summed E-state index contributed by atoms with van der Waals surface area (Å²) in [4.78, 5) is 19.4. The Bertz CT molecular complexity index is 575. The summed E-state index contributed by atoms with van der Waals surface area (Å²) in [6, 6.07) is -0.208. The zero-order chi connectivity index (χ0) is 17.4. The van der Waals surface area contributed by atoms with Crippen molar-refractivity contribution in [3.63, 3.8) is 0 Å². The highest BCUT2D eigenvalue weighted by molar-refractivity contribution is 5.78. The molecule has 1 aliphatic rings. The second-order valence-electron chi connectivity index (χ2n) is 6.09. The molecule has 2 rings (SSSR count). The van der Waals surface area contributed by atoms with Crippen molar-refractivity contribution in [1.82, 2.24) is 19.4 Å². The van der Waals surface area contributed by atoms with Gasteiger partial charge in [-0.1, -0.05) is 0 Å². The van der Waals surface area contributed by atoms with E-state index in [4.69, 9.17) is 0 Å². The molecular weight excluding hydrogens is 313 g/mol. The average Bonchev–Trinajstić information content (AvgIpc) is 2.83. The first-order valence-electron chi connectivity index (χ1n) is 7.31. The van der Waals surface area contributed by atoms with Crippen LogP contribution in [0.1, 0.15) is 19.2 Å². The number of nitrogens with zero attached hydrogens (tertiary/aromatic N) is 4. The van der Waals surface area contributed by atoms with Crippen LogP contribution in [0.2, 0.25) is 0 Å². The lowest BCUT2D eigenvalue weighted by Gasteiger charge is -2.40. The number of alkyl halides is 3. The predicted molar refractivity (Wildman–Crippen MR) is 76.4 cm³/mol. The van der Waals surface area contributed by atoms with Gasteiger partial charge in [0.25, 0.3) is 0 Å². The Morgan fingerprint density at radius 1 is 1.39 bits per heavy atom. The number of likely N-dealkylation sites (N-methyl/N-ethyl adjacent to an activating group) is 1. The highest BCUT2D eigenvalue weighted by Gasteiger charge is 2.59. The lowest BCUT2D eigenvalue weighted by molar-refractivity contribution is -0.272. The standard InChI is InChI=1S/C14H21F3N4O2/c1-10-9-19(2)6-7-21(10)11(22)8-13(23,14(15,16)17)12-18-4-5-20(12)3/h4-5,10,23H,6-9H2,1-3H3. The number of hydrogen-bond acceptors (Lipinski definition) is 4. The monoisotopic (exact) mass is 334 g/mol. The smallest absolute Gasteiger partial charge is 0.374 e. The van der Waals surface area contributed by atoms with Crippen molar-refractivity contribution in [3.8, 4) is 0 Å². The Hall–Kier alpha value is -1.61. The molecule has 1 N–H and O–H groups in total. The maximum Gasteiger partial charge on any atom is 0.425 e. The van der Waals surface area contributed by atoms with Crippen LogP contribution in [-0.2, 0) is 17.4 Å². The van der Waals surface area contributed by atoms with Crippen molar-refractivity contribution in [1.29, 1.82) is 0 Å². The Balaban J connectivity index is 2.26. The third-order valence-corrected chi connectivity index (χ3v) is 4.22. The number of imidazole rings is 1. The molecule has 6 nitrogen and oxygen atoms in total. The summed E-state index contributed by atoms with van der Waals surface area (Å²) in [7, 11) is 3.24. The molecule has 1 amide bonds. The van der Waals surface area contributed by atoms with Crippen molar-refractivity contribution in [3.05, 3.63) is 18.2 Å². The number of halogens is 3. The highest BCUT2D eigenvalue weighted by atomic mass is 19.4. The Morgan fingerprint density at radius 3 is 2.52 bits per heavy atom. The minimum Gasteiger partial charge on any atom is -0.374 e. The summed E-state index contributed by atoms with van der Waals surface area (Å²) in [5.41, 5.74) is -3.30. The molecule has 23 heavy (non-hydrogen) atoms. The van der Waals surface area contributed by atoms with Gasteiger partial charge in [-0.15, -0.1) is 0 Å². The van der Waals surface area contributed by atoms with Crippen LogP contribution in [0.4, 0.5) is 13.2 Å². The van der Waals surface area contributed by atoms with Crippen LogP contribution < -0.4 is 0 Å². The number of hydrogen-bond donors (Lipinski definition) is 1. The van der Waals surface area contributed by atoms with Crippen molar-refractivity contribution in [2.24, 2.45) is 7.05 Å². The molecular formula is C14H21F3N4O2. The van der Waals surface area contributed by atoms with E-state index in [1.54, 1.807) is 6.92 Å². The molecule has 0 aliphatic carbocycles. The molecule has 1 saturated heterocycles. The van der Waals surface area contributed by atoms with Crippen molar-refractivity contribution in [2.75, 3.05) is 26.7 Å². The lowest BCUT2D eigenvalue weighted by atomic mass is 9.96. The van der Waals surface area contributed by atoms with E-state index >= 15 is 0 Å². The number of carbonyl (C=O) groups is 1. The van der Waals surface area contributed by atoms with Gasteiger partial charge < -0.3 is 19.5 Å².